The number of amides is 1. The monoisotopic (exact) mass is 559 g/mol. The van der Waals surface area contributed by atoms with Gasteiger partial charge in [-0.2, -0.15) is 0 Å². The number of carbonyl (C=O) groups is 1. The lowest BCUT2D eigenvalue weighted by atomic mass is 10.0. The van der Waals surface area contributed by atoms with Crippen LogP contribution in [0, 0.1) is 11.7 Å². The third-order valence-electron chi connectivity index (χ3n) is 7.54. The minimum atomic E-state index is -4.16. The van der Waals surface area contributed by atoms with E-state index in [-0.39, 0.29) is 22.1 Å². The number of benzene rings is 3. The first-order chi connectivity index (χ1) is 19.3. The number of rotatable bonds is 7. The third kappa shape index (κ3) is 5.37. The molecule has 8 nitrogen and oxygen atoms in total. The molecule has 3 N–H and O–H groups in total. The molecular weight excluding hydrogens is 529 g/mol. The van der Waals surface area contributed by atoms with Gasteiger partial charge in [0.05, 0.1) is 21.7 Å². The second kappa shape index (κ2) is 10.5. The van der Waals surface area contributed by atoms with Gasteiger partial charge in [0, 0.05) is 61.1 Å². The van der Waals surface area contributed by atoms with Crippen molar-refractivity contribution in [2.45, 2.75) is 17.7 Å². The van der Waals surface area contributed by atoms with Crippen LogP contribution >= 0.6 is 0 Å². The van der Waals surface area contributed by atoms with Crippen LogP contribution in [0.3, 0.4) is 0 Å². The summed E-state index contributed by atoms with van der Waals surface area (Å²) in [7, 11) is -4.16. The van der Waals surface area contributed by atoms with Gasteiger partial charge in [-0.1, -0.05) is 24.3 Å². The molecule has 2 aliphatic rings. The van der Waals surface area contributed by atoms with E-state index in [9.17, 15) is 13.2 Å². The van der Waals surface area contributed by atoms with Gasteiger partial charge in [-0.15, -0.1) is 0 Å². The van der Waals surface area contributed by atoms with Gasteiger partial charge in [0.25, 0.3) is 15.9 Å². The van der Waals surface area contributed by atoms with Crippen molar-refractivity contribution in [3.63, 3.8) is 0 Å². The minimum absolute atomic E-state index is 0.0159. The molecule has 0 unspecified atom stereocenters. The van der Waals surface area contributed by atoms with Crippen LogP contribution < -0.4 is 10.5 Å². The number of aromatic nitrogens is 1. The van der Waals surface area contributed by atoms with Crippen molar-refractivity contribution in [1.82, 2.24) is 14.8 Å². The number of nitrogens with zero attached hydrogens (tertiary/aromatic N) is 3. The van der Waals surface area contributed by atoms with E-state index in [1.54, 1.807) is 23.2 Å². The van der Waals surface area contributed by atoms with Crippen LogP contribution in [0.1, 0.15) is 23.2 Å². The Kier molecular flexibility index (Phi) is 6.89. The van der Waals surface area contributed by atoms with Gasteiger partial charge in [0.15, 0.2) is 0 Å². The Labute approximate surface area is 232 Å². The summed E-state index contributed by atoms with van der Waals surface area (Å²) in [5, 5.41) is 0.852. The van der Waals surface area contributed by atoms with Crippen LogP contribution in [0.4, 0.5) is 15.8 Å². The molecule has 0 atom stereocenters. The zero-order valence-electron chi connectivity index (χ0n) is 21.9. The van der Waals surface area contributed by atoms with Crippen LogP contribution in [-0.2, 0) is 10.0 Å². The molecule has 2 heterocycles. The van der Waals surface area contributed by atoms with Crippen molar-refractivity contribution in [1.29, 1.82) is 0 Å². The molecule has 1 aliphatic carbocycles. The number of nitrogen functional groups attached to an aromatic ring is 1. The zero-order chi connectivity index (χ0) is 27.9. The standard InChI is InChI=1S/C30H30FN5O3S/c31-27-18-23(9-10-25(27)30(37)36-15-13-35(14-16-36)19-20-6-7-20)34-40(38,39)28-11-8-22(32)17-26(28)24-5-1-3-21-4-2-12-33-29(21)24/h1-5,8-12,17-18,20,34H,6-7,13-16,19,32H2. The predicted molar refractivity (Wildman–Crippen MR) is 154 cm³/mol. The Bertz CT molecular complexity index is 1690. The molecule has 0 radical (unpaired) electrons. The summed E-state index contributed by atoms with van der Waals surface area (Å²) in [6.45, 7) is 3.71. The highest BCUT2D eigenvalue weighted by molar-refractivity contribution is 7.92. The molecule has 2 fully saturated rings. The lowest BCUT2D eigenvalue weighted by molar-refractivity contribution is 0.0627. The lowest BCUT2D eigenvalue weighted by Crippen LogP contribution is -2.49. The Hall–Kier alpha value is -4.02. The van der Waals surface area contributed by atoms with Crippen LogP contribution in [0.15, 0.2) is 77.8 Å². The molecule has 1 saturated heterocycles. The maximum absolute atomic E-state index is 15.1. The molecule has 1 saturated carbocycles. The maximum atomic E-state index is 15.1. The number of sulfonamides is 1. The van der Waals surface area contributed by atoms with E-state index < -0.39 is 15.8 Å². The number of nitrogens with one attached hydrogen (secondary N) is 1. The van der Waals surface area contributed by atoms with Gasteiger partial charge in [-0.05, 0) is 61.2 Å². The van der Waals surface area contributed by atoms with Crippen LogP contribution in [0.5, 0.6) is 0 Å². The Balaban J connectivity index is 1.23. The molecule has 206 valence electrons. The number of hydrogen-bond donors (Lipinski definition) is 2. The van der Waals surface area contributed by atoms with Crippen molar-refractivity contribution in [3.05, 3.63) is 84.3 Å². The number of halogens is 1. The van der Waals surface area contributed by atoms with E-state index in [0.717, 1.165) is 37.0 Å². The van der Waals surface area contributed by atoms with E-state index >= 15 is 4.39 Å². The van der Waals surface area contributed by atoms with E-state index in [4.69, 9.17) is 5.73 Å². The normalized spacial score (nSPS) is 16.3. The first-order valence-electron chi connectivity index (χ1n) is 13.4. The topological polar surface area (TPSA) is 109 Å². The maximum Gasteiger partial charge on any atom is 0.262 e. The van der Waals surface area contributed by atoms with Crippen LogP contribution in [0.2, 0.25) is 0 Å². The summed E-state index contributed by atoms with van der Waals surface area (Å²) < 4.78 is 44.7. The van der Waals surface area contributed by atoms with Gasteiger partial charge in [-0.3, -0.25) is 19.4 Å². The number of para-hydroxylation sites is 1. The second-order valence-corrected chi connectivity index (χ2v) is 12.1. The SMILES string of the molecule is Nc1ccc(S(=O)(=O)Nc2ccc(C(=O)N3CCN(CC4CC4)CC3)c(F)c2)c(-c2cccc3cccnc23)c1. The van der Waals surface area contributed by atoms with Crippen molar-refractivity contribution < 1.29 is 17.6 Å². The van der Waals surface area contributed by atoms with Gasteiger partial charge in [-0.25, -0.2) is 12.8 Å². The van der Waals surface area contributed by atoms with Crippen molar-refractivity contribution in [2.75, 3.05) is 43.2 Å². The van der Waals surface area contributed by atoms with Gasteiger partial charge in [0.2, 0.25) is 0 Å². The van der Waals surface area contributed by atoms with Crippen molar-refractivity contribution in [3.8, 4) is 11.1 Å². The summed E-state index contributed by atoms with van der Waals surface area (Å²) in [6.07, 6.45) is 4.20. The third-order valence-corrected chi connectivity index (χ3v) is 8.98. The number of fused-ring (bicyclic) bond motifs is 1. The van der Waals surface area contributed by atoms with E-state index in [1.165, 1.54) is 37.1 Å². The molecule has 10 heteroatoms. The largest absolute Gasteiger partial charge is 0.399 e. The molecule has 1 amide bonds. The molecule has 0 spiro atoms. The predicted octanol–water partition coefficient (Wildman–Crippen LogP) is 4.59. The van der Waals surface area contributed by atoms with E-state index in [0.29, 0.717) is 35.4 Å². The molecule has 3 aromatic carbocycles. The lowest BCUT2D eigenvalue weighted by Gasteiger charge is -2.34. The molecule has 40 heavy (non-hydrogen) atoms. The van der Waals surface area contributed by atoms with Crippen molar-refractivity contribution in [2.24, 2.45) is 5.92 Å². The molecule has 4 aromatic rings. The van der Waals surface area contributed by atoms with E-state index in [1.807, 2.05) is 24.3 Å². The number of piperazine rings is 1. The molecule has 0 bridgehead atoms. The van der Waals surface area contributed by atoms with Crippen LogP contribution in [0.25, 0.3) is 22.0 Å². The number of carbonyl (C=O) groups excluding carboxylic acids is 1. The first kappa shape index (κ1) is 26.2. The average molecular weight is 560 g/mol. The fraction of sp³-hybridized carbons (Fsp3) is 0.267. The van der Waals surface area contributed by atoms with Gasteiger partial charge >= 0.3 is 0 Å². The van der Waals surface area contributed by atoms with E-state index in [2.05, 4.69) is 14.6 Å². The number of nitrogens with two attached hydrogens (primary N) is 1. The van der Waals surface area contributed by atoms with Gasteiger partial charge < -0.3 is 10.6 Å². The zero-order valence-corrected chi connectivity index (χ0v) is 22.7. The Morgan fingerprint density at radius 3 is 2.50 bits per heavy atom. The number of anilines is 2. The Morgan fingerprint density at radius 2 is 1.75 bits per heavy atom. The quantitative estimate of drug-likeness (QED) is 0.321. The fourth-order valence-electron chi connectivity index (χ4n) is 5.25. The van der Waals surface area contributed by atoms with Crippen LogP contribution in [-0.4, -0.2) is 61.8 Å². The molecular formula is C30H30FN5O3S. The van der Waals surface area contributed by atoms with Gasteiger partial charge in [0.1, 0.15) is 5.82 Å². The molecule has 1 aromatic heterocycles. The highest BCUT2D eigenvalue weighted by Crippen LogP contribution is 2.35. The molecule has 1 aliphatic heterocycles. The minimum Gasteiger partial charge on any atom is -0.399 e. The molecule has 6 rings (SSSR count). The summed E-state index contributed by atoms with van der Waals surface area (Å²) in [4.78, 5) is 21.5. The highest BCUT2D eigenvalue weighted by atomic mass is 32.2. The fourth-order valence-corrected chi connectivity index (χ4v) is 6.50. The second-order valence-electron chi connectivity index (χ2n) is 10.5. The summed E-state index contributed by atoms with van der Waals surface area (Å²) in [5.41, 5.74) is 7.99. The summed E-state index contributed by atoms with van der Waals surface area (Å²) >= 11 is 0. The smallest absolute Gasteiger partial charge is 0.262 e. The number of pyridine rings is 1. The number of hydrogen-bond acceptors (Lipinski definition) is 6. The average Bonchev–Trinajstić information content (AvgIpc) is 3.76. The summed E-state index contributed by atoms with van der Waals surface area (Å²) in [6, 6.07) is 17.5. The first-order valence-corrected chi connectivity index (χ1v) is 14.8. The van der Waals surface area contributed by atoms with Crippen molar-refractivity contribution >= 4 is 38.2 Å². The highest BCUT2D eigenvalue weighted by Gasteiger charge is 2.29. The Morgan fingerprint density at radius 1 is 0.975 bits per heavy atom. The summed E-state index contributed by atoms with van der Waals surface area (Å²) in [5.74, 6) is -0.382.